The molecule has 0 bridgehead atoms. The maximum Gasteiger partial charge on any atom is 0.277 e. The summed E-state index contributed by atoms with van der Waals surface area (Å²) < 4.78 is 28.0. The van der Waals surface area contributed by atoms with Crippen LogP contribution in [0.2, 0.25) is 0 Å². The molecule has 4 rings (SSSR count). The summed E-state index contributed by atoms with van der Waals surface area (Å²) in [5.41, 5.74) is 1.96. The van der Waals surface area contributed by atoms with Crippen LogP contribution in [-0.2, 0) is 0 Å². The molecule has 1 N–H and O–H groups in total. The van der Waals surface area contributed by atoms with E-state index in [9.17, 15) is 13.6 Å². The molecular formula is C19H12F2N4OS. The number of carbonyl (C=O) groups is 1. The average molecular weight is 382 g/mol. The quantitative estimate of drug-likeness (QED) is 0.564. The summed E-state index contributed by atoms with van der Waals surface area (Å²) in [5.74, 6) is -2.27. The van der Waals surface area contributed by atoms with Gasteiger partial charge in [0.15, 0.2) is 22.5 Å². The van der Waals surface area contributed by atoms with Crippen molar-refractivity contribution < 1.29 is 13.6 Å². The molecule has 0 radical (unpaired) electrons. The molecule has 0 spiro atoms. The first kappa shape index (κ1) is 17.0. The SMILES string of the molecule is O=C(Nc1nc(-c2ccc(F)c(F)c2)cs1)c1ccn(-c2ccccc2)n1. The molecule has 0 saturated carbocycles. The van der Waals surface area contributed by atoms with Gasteiger partial charge in [-0.15, -0.1) is 11.3 Å². The van der Waals surface area contributed by atoms with Gasteiger partial charge in [-0.1, -0.05) is 18.2 Å². The minimum atomic E-state index is -0.947. The van der Waals surface area contributed by atoms with Gasteiger partial charge < -0.3 is 0 Å². The second-order valence-corrected chi connectivity index (χ2v) is 6.46. The average Bonchev–Trinajstić information content (AvgIpc) is 3.34. The number of benzene rings is 2. The fourth-order valence-electron chi connectivity index (χ4n) is 2.45. The van der Waals surface area contributed by atoms with E-state index >= 15 is 0 Å². The number of nitrogens with one attached hydrogen (secondary N) is 1. The Labute approximate surface area is 156 Å². The zero-order valence-electron chi connectivity index (χ0n) is 13.8. The molecule has 8 heteroatoms. The molecule has 1 amide bonds. The van der Waals surface area contributed by atoms with Gasteiger partial charge in [0.05, 0.1) is 11.4 Å². The number of aromatic nitrogens is 3. The molecule has 0 aliphatic rings. The van der Waals surface area contributed by atoms with Crippen LogP contribution in [0, 0.1) is 11.6 Å². The Kier molecular flexibility index (Phi) is 4.47. The normalized spacial score (nSPS) is 10.7. The highest BCUT2D eigenvalue weighted by atomic mass is 32.1. The number of hydrogen-bond acceptors (Lipinski definition) is 4. The van der Waals surface area contributed by atoms with E-state index in [-0.39, 0.29) is 5.69 Å². The lowest BCUT2D eigenvalue weighted by Crippen LogP contribution is -2.13. The molecule has 2 heterocycles. The van der Waals surface area contributed by atoms with Crippen LogP contribution in [-0.4, -0.2) is 20.7 Å². The smallest absolute Gasteiger partial charge is 0.277 e. The number of rotatable bonds is 4. The fourth-order valence-corrected chi connectivity index (χ4v) is 3.16. The maximum atomic E-state index is 13.4. The molecule has 134 valence electrons. The van der Waals surface area contributed by atoms with E-state index in [0.29, 0.717) is 16.4 Å². The summed E-state index contributed by atoms with van der Waals surface area (Å²) in [6.07, 6.45) is 1.69. The van der Waals surface area contributed by atoms with Crippen molar-refractivity contribution >= 4 is 22.4 Å². The van der Waals surface area contributed by atoms with E-state index in [4.69, 9.17) is 0 Å². The van der Waals surface area contributed by atoms with Crippen molar-refractivity contribution in [2.24, 2.45) is 0 Å². The maximum absolute atomic E-state index is 13.4. The lowest BCUT2D eigenvalue weighted by molar-refractivity contribution is 0.102. The summed E-state index contributed by atoms with van der Waals surface area (Å²) in [6, 6.07) is 14.6. The third kappa shape index (κ3) is 3.61. The molecule has 0 unspecified atom stereocenters. The van der Waals surface area contributed by atoms with E-state index in [1.807, 2.05) is 30.3 Å². The topological polar surface area (TPSA) is 59.8 Å². The molecule has 0 atom stereocenters. The van der Waals surface area contributed by atoms with Crippen LogP contribution in [0.1, 0.15) is 10.5 Å². The molecule has 0 fully saturated rings. The number of amides is 1. The Morgan fingerprint density at radius 2 is 1.85 bits per heavy atom. The van der Waals surface area contributed by atoms with E-state index in [1.54, 1.807) is 22.3 Å². The zero-order chi connectivity index (χ0) is 18.8. The molecule has 0 aliphatic heterocycles. The third-order valence-electron chi connectivity index (χ3n) is 3.78. The first-order chi connectivity index (χ1) is 13.1. The van der Waals surface area contributed by atoms with Crippen molar-refractivity contribution in [1.29, 1.82) is 0 Å². The highest BCUT2D eigenvalue weighted by Gasteiger charge is 2.14. The van der Waals surface area contributed by atoms with Crippen molar-refractivity contribution in [1.82, 2.24) is 14.8 Å². The van der Waals surface area contributed by atoms with Crippen molar-refractivity contribution in [3.8, 4) is 16.9 Å². The van der Waals surface area contributed by atoms with Crippen LogP contribution in [0.4, 0.5) is 13.9 Å². The van der Waals surface area contributed by atoms with Gasteiger partial charge in [0.2, 0.25) is 0 Å². The molecule has 2 aromatic heterocycles. The predicted octanol–water partition coefficient (Wildman–Crippen LogP) is 4.53. The second-order valence-electron chi connectivity index (χ2n) is 5.60. The molecule has 4 aromatic rings. The van der Waals surface area contributed by atoms with Crippen LogP contribution in [0.3, 0.4) is 0 Å². The van der Waals surface area contributed by atoms with Crippen molar-refractivity contribution in [3.63, 3.8) is 0 Å². The monoisotopic (exact) mass is 382 g/mol. The summed E-state index contributed by atoms with van der Waals surface area (Å²) in [7, 11) is 0. The van der Waals surface area contributed by atoms with Gasteiger partial charge in [-0.3, -0.25) is 10.1 Å². The fraction of sp³-hybridized carbons (Fsp3) is 0. The molecule has 0 saturated heterocycles. The van der Waals surface area contributed by atoms with Crippen molar-refractivity contribution in [3.05, 3.63) is 83.5 Å². The van der Waals surface area contributed by atoms with E-state index in [2.05, 4.69) is 15.4 Å². The Morgan fingerprint density at radius 1 is 1.04 bits per heavy atom. The summed E-state index contributed by atoms with van der Waals surface area (Å²) in [5, 5.41) is 8.92. The van der Waals surface area contributed by atoms with Gasteiger partial charge in [-0.2, -0.15) is 5.10 Å². The van der Waals surface area contributed by atoms with Gasteiger partial charge in [0, 0.05) is 17.1 Å². The molecule has 27 heavy (non-hydrogen) atoms. The predicted molar refractivity (Wildman–Crippen MR) is 99.0 cm³/mol. The molecule has 0 aliphatic carbocycles. The number of hydrogen-bond donors (Lipinski definition) is 1. The number of anilines is 1. The highest BCUT2D eigenvalue weighted by Crippen LogP contribution is 2.26. The Hall–Kier alpha value is -3.39. The summed E-state index contributed by atoms with van der Waals surface area (Å²) in [4.78, 5) is 16.6. The van der Waals surface area contributed by atoms with E-state index in [0.717, 1.165) is 17.8 Å². The van der Waals surface area contributed by atoms with Gasteiger partial charge in [0.25, 0.3) is 5.91 Å². The lowest BCUT2D eigenvalue weighted by Gasteiger charge is -2.01. The van der Waals surface area contributed by atoms with Gasteiger partial charge in [-0.05, 0) is 36.4 Å². The third-order valence-corrected chi connectivity index (χ3v) is 4.54. The largest absolute Gasteiger partial charge is 0.296 e. The van der Waals surface area contributed by atoms with Crippen LogP contribution in [0.15, 0.2) is 66.2 Å². The Balaban J connectivity index is 1.50. The van der Waals surface area contributed by atoms with Crippen molar-refractivity contribution in [2.75, 3.05) is 5.32 Å². The first-order valence-electron chi connectivity index (χ1n) is 7.93. The zero-order valence-corrected chi connectivity index (χ0v) is 14.6. The second kappa shape index (κ2) is 7.08. The van der Waals surface area contributed by atoms with Gasteiger partial charge in [0.1, 0.15) is 0 Å². The van der Waals surface area contributed by atoms with Crippen LogP contribution < -0.4 is 5.32 Å². The minimum absolute atomic E-state index is 0.239. The first-order valence-corrected chi connectivity index (χ1v) is 8.81. The van der Waals surface area contributed by atoms with E-state index in [1.165, 1.54) is 17.4 Å². The number of halogens is 2. The lowest BCUT2D eigenvalue weighted by atomic mass is 10.2. The number of thiazole rings is 1. The van der Waals surface area contributed by atoms with E-state index < -0.39 is 17.5 Å². The van der Waals surface area contributed by atoms with Gasteiger partial charge in [-0.25, -0.2) is 18.4 Å². The molecular weight excluding hydrogens is 370 g/mol. The number of carbonyl (C=O) groups excluding carboxylic acids is 1. The Morgan fingerprint density at radius 3 is 2.63 bits per heavy atom. The highest BCUT2D eigenvalue weighted by molar-refractivity contribution is 7.14. The Bertz CT molecular complexity index is 1110. The van der Waals surface area contributed by atoms with Crippen LogP contribution in [0.5, 0.6) is 0 Å². The van der Waals surface area contributed by atoms with Crippen molar-refractivity contribution in [2.45, 2.75) is 0 Å². The van der Waals surface area contributed by atoms with Gasteiger partial charge >= 0.3 is 0 Å². The number of nitrogens with zero attached hydrogens (tertiary/aromatic N) is 3. The number of para-hydroxylation sites is 1. The summed E-state index contributed by atoms with van der Waals surface area (Å²) >= 11 is 1.19. The molecule has 2 aromatic carbocycles. The molecule has 5 nitrogen and oxygen atoms in total. The standard InChI is InChI=1S/C19H12F2N4OS/c20-14-7-6-12(10-15(14)21)17-11-27-19(22-17)23-18(26)16-8-9-25(24-16)13-4-2-1-3-5-13/h1-11H,(H,22,23,26). The minimum Gasteiger partial charge on any atom is -0.296 e. The van der Waals surface area contributed by atoms with Crippen LogP contribution in [0.25, 0.3) is 16.9 Å². The summed E-state index contributed by atoms with van der Waals surface area (Å²) in [6.45, 7) is 0. The van der Waals surface area contributed by atoms with Crippen LogP contribution >= 0.6 is 11.3 Å².